The Morgan fingerprint density at radius 2 is 1.52 bits per heavy atom. The lowest BCUT2D eigenvalue weighted by Crippen LogP contribution is -2.53. The Labute approximate surface area is 175 Å². The molecule has 0 bridgehead atoms. The summed E-state index contributed by atoms with van der Waals surface area (Å²) in [6, 6.07) is 8.09. The van der Waals surface area contributed by atoms with Gasteiger partial charge in [-0.15, -0.1) is 0 Å². The van der Waals surface area contributed by atoms with Crippen molar-refractivity contribution in [3.05, 3.63) is 71.3 Å². The van der Waals surface area contributed by atoms with Crippen molar-refractivity contribution in [3.8, 4) is 0 Å². The van der Waals surface area contributed by atoms with Gasteiger partial charge in [0.05, 0.1) is 6.54 Å². The first-order valence-electron chi connectivity index (χ1n) is 9.54. The SMILES string of the molecule is O=C(CNC(c1ccccc1)C(F)(F)F)N1CCN(C(=O)c2ccc(F)c(F)c2)CC1. The number of amides is 2. The van der Waals surface area contributed by atoms with Crippen LogP contribution in [0.25, 0.3) is 0 Å². The largest absolute Gasteiger partial charge is 0.407 e. The molecule has 1 atom stereocenters. The van der Waals surface area contributed by atoms with Crippen molar-refractivity contribution in [1.29, 1.82) is 0 Å². The Morgan fingerprint density at radius 1 is 0.903 bits per heavy atom. The van der Waals surface area contributed by atoms with Crippen molar-refractivity contribution >= 4 is 11.8 Å². The summed E-state index contributed by atoms with van der Waals surface area (Å²) in [5.41, 5.74) is -0.0130. The molecule has 2 amide bonds. The van der Waals surface area contributed by atoms with Gasteiger partial charge in [0, 0.05) is 31.7 Å². The van der Waals surface area contributed by atoms with Crippen LogP contribution in [0.3, 0.4) is 0 Å². The van der Waals surface area contributed by atoms with Gasteiger partial charge in [0.25, 0.3) is 5.91 Å². The normalized spacial score (nSPS) is 15.6. The van der Waals surface area contributed by atoms with Crippen molar-refractivity contribution in [1.82, 2.24) is 15.1 Å². The van der Waals surface area contributed by atoms with E-state index in [9.17, 15) is 31.5 Å². The molecule has 1 heterocycles. The van der Waals surface area contributed by atoms with Gasteiger partial charge in [-0.2, -0.15) is 13.2 Å². The molecular weight excluding hydrogens is 421 g/mol. The van der Waals surface area contributed by atoms with E-state index in [-0.39, 0.29) is 37.3 Å². The van der Waals surface area contributed by atoms with Crippen LogP contribution < -0.4 is 5.32 Å². The number of carbonyl (C=O) groups excluding carboxylic acids is 2. The van der Waals surface area contributed by atoms with Gasteiger partial charge in [-0.05, 0) is 23.8 Å². The summed E-state index contributed by atoms with van der Waals surface area (Å²) in [6.45, 7) is -0.0119. The molecule has 0 aliphatic carbocycles. The smallest absolute Gasteiger partial charge is 0.338 e. The topological polar surface area (TPSA) is 52.7 Å². The minimum Gasteiger partial charge on any atom is -0.338 e. The standard InChI is InChI=1S/C21H20F5N3O2/c22-16-7-6-15(12-17(16)23)20(31)29-10-8-28(9-11-29)18(30)13-27-19(21(24,25)26)14-4-2-1-3-5-14/h1-7,12,19,27H,8-11,13H2. The van der Waals surface area contributed by atoms with Gasteiger partial charge in [-0.25, -0.2) is 8.78 Å². The van der Waals surface area contributed by atoms with Gasteiger partial charge in [0.1, 0.15) is 6.04 Å². The van der Waals surface area contributed by atoms with Gasteiger partial charge < -0.3 is 9.80 Å². The number of hydrogen-bond donors (Lipinski definition) is 1. The molecule has 1 saturated heterocycles. The highest BCUT2D eigenvalue weighted by Crippen LogP contribution is 2.32. The molecule has 0 saturated carbocycles. The number of alkyl halides is 3. The summed E-state index contributed by atoms with van der Waals surface area (Å²) in [5.74, 6) is -3.23. The number of carbonyl (C=O) groups is 2. The molecule has 166 valence electrons. The minimum absolute atomic E-state index is 0.00439. The first-order chi connectivity index (χ1) is 14.7. The lowest BCUT2D eigenvalue weighted by atomic mass is 10.1. The number of rotatable bonds is 5. The molecule has 31 heavy (non-hydrogen) atoms. The fraction of sp³-hybridized carbons (Fsp3) is 0.333. The Kier molecular flexibility index (Phi) is 6.89. The second kappa shape index (κ2) is 9.42. The van der Waals surface area contributed by atoms with Crippen LogP contribution in [0.5, 0.6) is 0 Å². The van der Waals surface area contributed by atoms with Gasteiger partial charge in [-0.1, -0.05) is 30.3 Å². The van der Waals surface area contributed by atoms with Crippen LogP contribution in [0.15, 0.2) is 48.5 Å². The Hall–Kier alpha value is -3.01. The van der Waals surface area contributed by atoms with Gasteiger partial charge in [0.15, 0.2) is 11.6 Å². The van der Waals surface area contributed by atoms with Gasteiger partial charge >= 0.3 is 6.18 Å². The van der Waals surface area contributed by atoms with Crippen LogP contribution in [0.2, 0.25) is 0 Å². The van der Waals surface area contributed by atoms with E-state index >= 15 is 0 Å². The molecule has 3 rings (SSSR count). The second-order valence-corrected chi connectivity index (χ2v) is 7.07. The van der Waals surface area contributed by atoms with Crippen molar-refractivity contribution < 1.29 is 31.5 Å². The summed E-state index contributed by atoms with van der Waals surface area (Å²) in [7, 11) is 0. The van der Waals surface area contributed by atoms with Crippen LogP contribution in [0.1, 0.15) is 22.0 Å². The third-order valence-electron chi connectivity index (χ3n) is 5.00. The molecule has 0 spiro atoms. The predicted molar refractivity (Wildman–Crippen MR) is 102 cm³/mol. The lowest BCUT2D eigenvalue weighted by molar-refractivity contribution is -0.159. The molecule has 1 aliphatic rings. The van der Waals surface area contributed by atoms with Crippen LogP contribution in [-0.2, 0) is 4.79 Å². The summed E-state index contributed by atoms with van der Waals surface area (Å²) in [4.78, 5) is 27.6. The maximum absolute atomic E-state index is 13.4. The van der Waals surface area contributed by atoms with Crippen molar-refractivity contribution in [2.24, 2.45) is 0 Å². The second-order valence-electron chi connectivity index (χ2n) is 7.07. The minimum atomic E-state index is -4.57. The number of nitrogens with zero attached hydrogens (tertiary/aromatic N) is 2. The molecule has 10 heteroatoms. The summed E-state index contributed by atoms with van der Waals surface area (Å²) >= 11 is 0. The van der Waals surface area contributed by atoms with E-state index in [1.54, 1.807) is 6.07 Å². The van der Waals surface area contributed by atoms with E-state index in [0.717, 1.165) is 12.1 Å². The summed E-state index contributed by atoms with van der Waals surface area (Å²) in [6.07, 6.45) is -4.57. The van der Waals surface area contributed by atoms with Crippen molar-refractivity contribution in [2.75, 3.05) is 32.7 Å². The highest BCUT2D eigenvalue weighted by Gasteiger charge is 2.41. The van der Waals surface area contributed by atoms with Gasteiger partial charge in [-0.3, -0.25) is 14.9 Å². The number of nitrogens with one attached hydrogen (secondary N) is 1. The molecule has 0 aromatic heterocycles. The Balaban J connectivity index is 1.55. The summed E-state index contributed by atoms with van der Waals surface area (Å²) < 4.78 is 66.5. The van der Waals surface area contributed by atoms with Crippen LogP contribution >= 0.6 is 0 Å². The molecule has 1 aliphatic heterocycles. The van der Waals surface area contributed by atoms with E-state index in [2.05, 4.69) is 5.32 Å². The maximum Gasteiger partial charge on any atom is 0.407 e. The maximum atomic E-state index is 13.4. The highest BCUT2D eigenvalue weighted by molar-refractivity contribution is 5.94. The first-order valence-corrected chi connectivity index (χ1v) is 9.54. The number of piperazine rings is 1. The van der Waals surface area contributed by atoms with E-state index in [4.69, 9.17) is 0 Å². The van der Waals surface area contributed by atoms with E-state index in [0.29, 0.717) is 0 Å². The Bertz CT molecular complexity index is 928. The Morgan fingerprint density at radius 3 is 2.10 bits per heavy atom. The molecule has 1 N–H and O–H groups in total. The fourth-order valence-corrected chi connectivity index (χ4v) is 3.34. The highest BCUT2D eigenvalue weighted by atomic mass is 19.4. The van der Waals surface area contributed by atoms with Crippen molar-refractivity contribution in [2.45, 2.75) is 12.2 Å². The monoisotopic (exact) mass is 441 g/mol. The van der Waals surface area contributed by atoms with E-state index in [1.807, 2.05) is 0 Å². The average Bonchev–Trinajstić information content (AvgIpc) is 2.75. The molecule has 1 unspecified atom stereocenters. The molecule has 2 aromatic carbocycles. The third kappa shape index (κ3) is 5.57. The molecule has 5 nitrogen and oxygen atoms in total. The van der Waals surface area contributed by atoms with Crippen LogP contribution in [-0.4, -0.2) is 60.5 Å². The molecule has 2 aromatic rings. The number of halogens is 5. The quantitative estimate of drug-likeness (QED) is 0.726. The molecule has 0 radical (unpaired) electrons. The van der Waals surface area contributed by atoms with Crippen molar-refractivity contribution in [3.63, 3.8) is 0 Å². The molecular formula is C21H20F5N3O2. The fourth-order valence-electron chi connectivity index (χ4n) is 3.34. The van der Waals surface area contributed by atoms with Crippen LogP contribution in [0.4, 0.5) is 22.0 Å². The zero-order valence-corrected chi connectivity index (χ0v) is 16.3. The third-order valence-corrected chi connectivity index (χ3v) is 5.00. The first kappa shape index (κ1) is 22.7. The zero-order chi connectivity index (χ0) is 22.6. The van der Waals surface area contributed by atoms with Gasteiger partial charge in [0.2, 0.25) is 5.91 Å². The van der Waals surface area contributed by atoms with E-state index in [1.165, 1.54) is 40.1 Å². The van der Waals surface area contributed by atoms with Crippen LogP contribution in [0, 0.1) is 11.6 Å². The predicted octanol–water partition coefficient (Wildman–Crippen LogP) is 3.14. The van der Waals surface area contributed by atoms with E-state index < -0.39 is 42.2 Å². The number of hydrogen-bond acceptors (Lipinski definition) is 3. The lowest BCUT2D eigenvalue weighted by Gasteiger charge is -2.35. The zero-order valence-electron chi connectivity index (χ0n) is 16.3. The summed E-state index contributed by atoms with van der Waals surface area (Å²) in [5, 5.41) is 2.27. The number of benzene rings is 2. The molecule has 1 fully saturated rings. The average molecular weight is 441 g/mol.